The summed E-state index contributed by atoms with van der Waals surface area (Å²) in [4.78, 5) is 0.0440. The van der Waals surface area contributed by atoms with Crippen molar-refractivity contribution in [3.63, 3.8) is 0 Å². The Kier molecular flexibility index (Phi) is 4.24. The molecule has 0 aliphatic heterocycles. The van der Waals surface area contributed by atoms with Gasteiger partial charge in [0.2, 0.25) is 10.0 Å². The second-order valence-corrected chi connectivity index (χ2v) is 6.63. The first-order chi connectivity index (χ1) is 8.97. The van der Waals surface area contributed by atoms with Crippen molar-refractivity contribution in [1.82, 2.24) is 4.72 Å². The molecule has 0 saturated heterocycles. The Hall–Kier alpha value is -1.37. The van der Waals surface area contributed by atoms with Crippen LogP contribution in [0, 0.1) is 0 Å². The third kappa shape index (κ3) is 3.79. The van der Waals surface area contributed by atoms with Gasteiger partial charge >= 0.3 is 0 Å². The maximum Gasteiger partial charge on any atom is 0.241 e. The molecule has 0 aliphatic carbocycles. The predicted octanol–water partition coefficient (Wildman–Crippen LogP) is 2.63. The molecule has 0 amide bonds. The number of phenols is 1. The lowest BCUT2D eigenvalue weighted by molar-refractivity contribution is 0.473. The second kappa shape index (κ2) is 5.73. The van der Waals surface area contributed by atoms with Crippen molar-refractivity contribution in [2.45, 2.75) is 11.4 Å². The van der Waals surface area contributed by atoms with Crippen LogP contribution in [0.4, 0.5) is 0 Å². The topological polar surface area (TPSA) is 66.4 Å². The Morgan fingerprint density at radius 3 is 2.53 bits per heavy atom. The number of phenolic OH excluding ortho intramolecular Hbond substituents is 1. The molecule has 0 heterocycles. The van der Waals surface area contributed by atoms with Crippen LogP contribution in [-0.4, -0.2) is 13.5 Å². The number of rotatable bonds is 4. The van der Waals surface area contributed by atoms with Crippen molar-refractivity contribution >= 4 is 26.0 Å². The minimum Gasteiger partial charge on any atom is -0.508 e. The summed E-state index contributed by atoms with van der Waals surface area (Å²) in [6, 6.07) is 12.9. The van der Waals surface area contributed by atoms with Crippen molar-refractivity contribution in [2.75, 3.05) is 0 Å². The number of aromatic hydroxyl groups is 1. The molecule has 19 heavy (non-hydrogen) atoms. The Morgan fingerprint density at radius 1 is 1.11 bits per heavy atom. The van der Waals surface area contributed by atoms with E-state index in [1.807, 2.05) is 24.3 Å². The van der Waals surface area contributed by atoms with Crippen molar-refractivity contribution in [1.29, 1.82) is 0 Å². The Labute approximate surface area is 120 Å². The molecule has 0 spiro atoms. The van der Waals surface area contributed by atoms with Gasteiger partial charge in [0.25, 0.3) is 0 Å². The van der Waals surface area contributed by atoms with E-state index in [2.05, 4.69) is 20.7 Å². The molecular weight excluding hydrogens is 330 g/mol. The van der Waals surface area contributed by atoms with Crippen LogP contribution in [0.1, 0.15) is 5.56 Å². The summed E-state index contributed by atoms with van der Waals surface area (Å²) < 4.78 is 27.4. The van der Waals surface area contributed by atoms with Crippen molar-refractivity contribution in [3.05, 3.63) is 58.6 Å². The molecule has 0 unspecified atom stereocenters. The number of halogens is 1. The van der Waals surface area contributed by atoms with Crippen LogP contribution in [0.25, 0.3) is 0 Å². The maximum absolute atomic E-state index is 12.0. The third-order valence-corrected chi connectivity index (χ3v) is 4.38. The van der Waals surface area contributed by atoms with Gasteiger partial charge < -0.3 is 5.11 Å². The summed E-state index contributed by atoms with van der Waals surface area (Å²) in [7, 11) is -3.62. The van der Waals surface area contributed by atoms with E-state index in [9.17, 15) is 13.5 Å². The van der Waals surface area contributed by atoms with E-state index in [-0.39, 0.29) is 17.2 Å². The molecule has 6 heteroatoms. The predicted molar refractivity (Wildman–Crippen MR) is 76.3 cm³/mol. The van der Waals surface area contributed by atoms with Crippen LogP contribution in [-0.2, 0) is 16.6 Å². The normalized spacial score (nSPS) is 11.4. The molecule has 2 aromatic rings. The summed E-state index contributed by atoms with van der Waals surface area (Å²) >= 11 is 3.33. The lowest BCUT2D eigenvalue weighted by Crippen LogP contribution is -2.23. The summed E-state index contributed by atoms with van der Waals surface area (Å²) in [5.41, 5.74) is 0.845. The lowest BCUT2D eigenvalue weighted by atomic mass is 10.2. The lowest BCUT2D eigenvalue weighted by Gasteiger charge is -2.07. The third-order valence-electron chi connectivity index (χ3n) is 2.48. The van der Waals surface area contributed by atoms with Crippen molar-refractivity contribution in [3.8, 4) is 5.75 Å². The van der Waals surface area contributed by atoms with Crippen molar-refractivity contribution in [2.24, 2.45) is 0 Å². The number of nitrogens with one attached hydrogen (secondary N) is 1. The number of hydrogen-bond acceptors (Lipinski definition) is 3. The highest BCUT2D eigenvalue weighted by Gasteiger charge is 2.13. The largest absolute Gasteiger partial charge is 0.508 e. The maximum atomic E-state index is 12.0. The molecular formula is C13H12BrNO3S. The van der Waals surface area contributed by atoms with Gasteiger partial charge in [-0.3, -0.25) is 0 Å². The fourth-order valence-electron chi connectivity index (χ4n) is 1.56. The SMILES string of the molecule is O=S(=O)(NCc1cccc(Br)c1)c1cccc(O)c1. The van der Waals surface area contributed by atoms with Gasteiger partial charge in [-0.15, -0.1) is 0 Å². The average Bonchev–Trinajstić information content (AvgIpc) is 2.37. The van der Waals surface area contributed by atoms with E-state index in [4.69, 9.17) is 0 Å². The smallest absolute Gasteiger partial charge is 0.241 e. The Balaban J connectivity index is 2.14. The van der Waals surface area contributed by atoms with E-state index < -0.39 is 10.0 Å². The first-order valence-electron chi connectivity index (χ1n) is 5.50. The van der Waals surface area contributed by atoms with Crippen LogP contribution < -0.4 is 4.72 Å². The fourth-order valence-corrected chi connectivity index (χ4v) is 3.06. The molecule has 0 radical (unpaired) electrons. The first-order valence-corrected chi connectivity index (χ1v) is 7.78. The molecule has 100 valence electrons. The van der Waals surface area contributed by atoms with Crippen LogP contribution in [0.15, 0.2) is 57.9 Å². The number of benzene rings is 2. The quantitative estimate of drug-likeness (QED) is 0.898. The van der Waals surface area contributed by atoms with Gasteiger partial charge in [0, 0.05) is 11.0 Å². The minimum atomic E-state index is -3.62. The van der Waals surface area contributed by atoms with E-state index >= 15 is 0 Å². The summed E-state index contributed by atoms with van der Waals surface area (Å²) in [6.07, 6.45) is 0. The monoisotopic (exact) mass is 341 g/mol. The fraction of sp³-hybridized carbons (Fsp3) is 0.0769. The molecule has 0 bridgehead atoms. The van der Waals surface area contributed by atoms with Crippen LogP contribution >= 0.6 is 15.9 Å². The van der Waals surface area contributed by atoms with Gasteiger partial charge in [-0.25, -0.2) is 13.1 Å². The van der Waals surface area contributed by atoms with Crippen molar-refractivity contribution < 1.29 is 13.5 Å². The standard InChI is InChI=1S/C13H12BrNO3S/c14-11-4-1-3-10(7-11)9-15-19(17,18)13-6-2-5-12(16)8-13/h1-8,15-16H,9H2. The molecule has 0 aromatic heterocycles. The zero-order chi connectivity index (χ0) is 13.9. The first kappa shape index (κ1) is 14.0. The second-order valence-electron chi connectivity index (χ2n) is 3.95. The summed E-state index contributed by atoms with van der Waals surface area (Å²) in [6.45, 7) is 0.192. The minimum absolute atomic E-state index is 0.0440. The zero-order valence-corrected chi connectivity index (χ0v) is 12.3. The molecule has 0 aliphatic rings. The average molecular weight is 342 g/mol. The van der Waals surface area contributed by atoms with E-state index in [0.29, 0.717) is 0 Å². The molecule has 0 fully saturated rings. The Bertz CT molecular complexity index is 686. The molecule has 0 saturated carbocycles. The van der Waals surface area contributed by atoms with E-state index in [0.717, 1.165) is 10.0 Å². The Morgan fingerprint density at radius 2 is 1.84 bits per heavy atom. The van der Waals surface area contributed by atoms with Crippen LogP contribution in [0.5, 0.6) is 5.75 Å². The van der Waals surface area contributed by atoms with Gasteiger partial charge in [-0.05, 0) is 35.9 Å². The van der Waals surface area contributed by atoms with Gasteiger partial charge in [0.15, 0.2) is 0 Å². The van der Waals surface area contributed by atoms with Gasteiger partial charge in [0.05, 0.1) is 4.90 Å². The molecule has 0 atom stereocenters. The molecule has 4 nitrogen and oxygen atoms in total. The molecule has 2 aromatic carbocycles. The number of hydrogen-bond donors (Lipinski definition) is 2. The molecule has 2 rings (SSSR count). The zero-order valence-electron chi connectivity index (χ0n) is 9.88. The van der Waals surface area contributed by atoms with Gasteiger partial charge in [0.1, 0.15) is 5.75 Å². The highest BCUT2D eigenvalue weighted by atomic mass is 79.9. The molecule has 2 N–H and O–H groups in total. The van der Waals surface area contributed by atoms with E-state index in [1.165, 1.54) is 24.3 Å². The highest BCUT2D eigenvalue weighted by Crippen LogP contribution is 2.16. The van der Waals surface area contributed by atoms with E-state index in [1.54, 1.807) is 0 Å². The number of sulfonamides is 1. The van der Waals surface area contributed by atoms with Gasteiger partial charge in [-0.2, -0.15) is 0 Å². The summed E-state index contributed by atoms with van der Waals surface area (Å²) in [5.74, 6) is -0.0784. The summed E-state index contributed by atoms with van der Waals surface area (Å²) in [5, 5.41) is 9.30. The van der Waals surface area contributed by atoms with Crippen LogP contribution in [0.3, 0.4) is 0 Å². The van der Waals surface area contributed by atoms with Gasteiger partial charge in [-0.1, -0.05) is 34.1 Å². The highest BCUT2D eigenvalue weighted by molar-refractivity contribution is 9.10. The van der Waals surface area contributed by atoms with Crippen LogP contribution in [0.2, 0.25) is 0 Å².